The van der Waals surface area contributed by atoms with E-state index in [2.05, 4.69) is 0 Å². The monoisotopic (exact) mass is 221 g/mol. The van der Waals surface area contributed by atoms with Gasteiger partial charge < -0.3 is 10.6 Å². The van der Waals surface area contributed by atoms with Gasteiger partial charge in [-0.05, 0) is 5.56 Å². The number of hydrogen-bond acceptors (Lipinski definition) is 4. The van der Waals surface area contributed by atoms with E-state index in [1.165, 1.54) is 12.1 Å². The maximum Gasteiger partial charge on any atom is 0.269 e. The Morgan fingerprint density at radius 1 is 1.44 bits per heavy atom. The molecule has 0 spiro atoms. The first-order valence-corrected chi connectivity index (χ1v) is 4.85. The van der Waals surface area contributed by atoms with E-state index >= 15 is 0 Å². The van der Waals surface area contributed by atoms with E-state index in [9.17, 15) is 14.9 Å². The van der Waals surface area contributed by atoms with Crippen LogP contribution in [0.15, 0.2) is 24.3 Å². The Kier molecular flexibility index (Phi) is 2.57. The first-order valence-electron chi connectivity index (χ1n) is 4.85. The lowest BCUT2D eigenvalue weighted by Crippen LogP contribution is -2.60. The highest BCUT2D eigenvalue weighted by atomic mass is 16.6. The zero-order chi connectivity index (χ0) is 11.7. The summed E-state index contributed by atoms with van der Waals surface area (Å²) in [4.78, 5) is 22.8. The van der Waals surface area contributed by atoms with E-state index < -0.39 is 4.92 Å². The fraction of sp³-hybridized carbons (Fsp3) is 0.300. The van der Waals surface area contributed by atoms with Crippen molar-refractivity contribution in [2.24, 2.45) is 5.73 Å². The molecular weight excluding hydrogens is 210 g/mol. The summed E-state index contributed by atoms with van der Waals surface area (Å²) >= 11 is 0. The molecule has 2 N–H and O–H groups in total. The summed E-state index contributed by atoms with van der Waals surface area (Å²) in [5.74, 6) is -0.0710. The van der Waals surface area contributed by atoms with Crippen LogP contribution in [0.2, 0.25) is 0 Å². The summed E-state index contributed by atoms with van der Waals surface area (Å²) in [6.45, 7) is 1.01. The van der Waals surface area contributed by atoms with E-state index in [0.29, 0.717) is 13.1 Å². The van der Waals surface area contributed by atoms with Gasteiger partial charge in [-0.2, -0.15) is 0 Å². The van der Waals surface area contributed by atoms with Gasteiger partial charge in [0.05, 0.1) is 4.92 Å². The molecule has 1 aromatic carbocycles. The van der Waals surface area contributed by atoms with Crippen LogP contribution in [0.4, 0.5) is 5.69 Å². The highest BCUT2D eigenvalue weighted by Crippen LogP contribution is 2.16. The number of likely N-dealkylation sites (tertiary alicyclic amines) is 1. The van der Waals surface area contributed by atoms with E-state index in [1.54, 1.807) is 17.0 Å². The topological polar surface area (TPSA) is 89.5 Å². The highest BCUT2D eigenvalue weighted by Gasteiger charge is 2.32. The van der Waals surface area contributed by atoms with E-state index in [-0.39, 0.29) is 17.6 Å². The van der Waals surface area contributed by atoms with Crippen molar-refractivity contribution in [3.05, 3.63) is 39.9 Å². The normalized spacial score (nSPS) is 19.4. The largest absolute Gasteiger partial charge is 0.335 e. The number of carbonyl (C=O) groups is 1. The second-order valence-corrected chi connectivity index (χ2v) is 3.75. The van der Waals surface area contributed by atoms with Crippen molar-refractivity contribution in [3.8, 4) is 0 Å². The van der Waals surface area contributed by atoms with Crippen molar-refractivity contribution < 1.29 is 9.72 Å². The Morgan fingerprint density at radius 3 is 2.50 bits per heavy atom. The molecule has 0 saturated carbocycles. The lowest BCUT2D eigenvalue weighted by molar-refractivity contribution is -0.384. The quantitative estimate of drug-likeness (QED) is 0.450. The van der Waals surface area contributed by atoms with Gasteiger partial charge in [-0.15, -0.1) is 0 Å². The maximum absolute atomic E-state index is 11.2. The SMILES string of the molecule is NC1CN(Cc2ccc([N+](=O)[O-])cc2)C1=O. The van der Waals surface area contributed by atoms with Crippen LogP contribution in [0.1, 0.15) is 5.56 Å². The zero-order valence-corrected chi connectivity index (χ0v) is 8.50. The second kappa shape index (κ2) is 3.90. The maximum atomic E-state index is 11.2. The van der Waals surface area contributed by atoms with Gasteiger partial charge in [0.2, 0.25) is 5.91 Å². The molecule has 6 heteroatoms. The van der Waals surface area contributed by atoms with Crippen LogP contribution in [0.3, 0.4) is 0 Å². The van der Waals surface area contributed by atoms with Gasteiger partial charge in [-0.3, -0.25) is 14.9 Å². The molecule has 1 aromatic rings. The number of nitro groups is 1. The lowest BCUT2D eigenvalue weighted by atomic mass is 10.1. The van der Waals surface area contributed by atoms with Crippen LogP contribution in [-0.4, -0.2) is 28.3 Å². The molecular formula is C10H11N3O3. The number of nitrogens with zero attached hydrogens (tertiary/aromatic N) is 2. The number of β-lactam (4-membered cyclic amide) rings is 1. The van der Waals surface area contributed by atoms with Crippen LogP contribution in [0.25, 0.3) is 0 Å². The van der Waals surface area contributed by atoms with Crippen LogP contribution in [0, 0.1) is 10.1 Å². The van der Waals surface area contributed by atoms with Crippen LogP contribution >= 0.6 is 0 Å². The minimum atomic E-state index is -0.450. The molecule has 0 aliphatic carbocycles. The summed E-state index contributed by atoms with van der Waals surface area (Å²) in [5, 5.41) is 10.4. The van der Waals surface area contributed by atoms with Gasteiger partial charge in [-0.25, -0.2) is 0 Å². The fourth-order valence-corrected chi connectivity index (χ4v) is 1.61. The fourth-order valence-electron chi connectivity index (χ4n) is 1.61. The summed E-state index contributed by atoms with van der Waals surface area (Å²) < 4.78 is 0. The minimum Gasteiger partial charge on any atom is -0.335 e. The molecule has 0 aromatic heterocycles. The third-order valence-electron chi connectivity index (χ3n) is 2.57. The van der Waals surface area contributed by atoms with Crippen molar-refractivity contribution in [2.45, 2.75) is 12.6 Å². The van der Waals surface area contributed by atoms with Crippen molar-refractivity contribution in [3.63, 3.8) is 0 Å². The average Bonchev–Trinajstić information content (AvgIpc) is 2.29. The lowest BCUT2D eigenvalue weighted by Gasteiger charge is -2.36. The molecule has 1 heterocycles. The molecule has 1 amide bonds. The number of amides is 1. The second-order valence-electron chi connectivity index (χ2n) is 3.75. The van der Waals surface area contributed by atoms with Crippen molar-refractivity contribution >= 4 is 11.6 Å². The van der Waals surface area contributed by atoms with Crippen molar-refractivity contribution in [1.29, 1.82) is 0 Å². The third-order valence-corrected chi connectivity index (χ3v) is 2.57. The molecule has 0 radical (unpaired) electrons. The number of rotatable bonds is 3. The zero-order valence-electron chi connectivity index (χ0n) is 8.50. The van der Waals surface area contributed by atoms with Crippen molar-refractivity contribution in [2.75, 3.05) is 6.54 Å². The number of hydrogen-bond donors (Lipinski definition) is 1. The number of non-ortho nitro benzene ring substituents is 1. The molecule has 1 unspecified atom stereocenters. The first kappa shape index (κ1) is 10.6. The van der Waals surface area contributed by atoms with E-state index in [1.807, 2.05) is 0 Å². The molecule has 84 valence electrons. The number of nitro benzene ring substituents is 1. The third kappa shape index (κ3) is 1.87. The molecule has 1 aliphatic rings. The minimum absolute atomic E-state index is 0.0513. The first-order chi connectivity index (χ1) is 7.58. The van der Waals surface area contributed by atoms with Crippen LogP contribution in [0.5, 0.6) is 0 Å². The van der Waals surface area contributed by atoms with E-state index in [0.717, 1.165) is 5.56 Å². The Hall–Kier alpha value is -1.95. The molecule has 1 fully saturated rings. The molecule has 0 bridgehead atoms. The Morgan fingerprint density at radius 2 is 2.06 bits per heavy atom. The summed E-state index contributed by atoms with van der Waals surface area (Å²) in [6, 6.07) is 5.78. The van der Waals surface area contributed by atoms with Gasteiger partial charge in [0.15, 0.2) is 0 Å². The predicted molar refractivity (Wildman–Crippen MR) is 56.5 cm³/mol. The summed E-state index contributed by atoms with van der Waals surface area (Å²) in [6.07, 6.45) is 0. The average molecular weight is 221 g/mol. The van der Waals surface area contributed by atoms with Gasteiger partial charge in [-0.1, -0.05) is 12.1 Å². The van der Waals surface area contributed by atoms with Crippen molar-refractivity contribution in [1.82, 2.24) is 4.90 Å². The van der Waals surface area contributed by atoms with Crippen LogP contribution in [-0.2, 0) is 11.3 Å². The number of benzene rings is 1. The predicted octanol–water partition coefficient (Wildman–Crippen LogP) is 0.264. The summed E-state index contributed by atoms with van der Waals surface area (Å²) in [5.41, 5.74) is 6.37. The van der Waals surface area contributed by atoms with Gasteiger partial charge in [0.1, 0.15) is 6.04 Å². The van der Waals surface area contributed by atoms with Gasteiger partial charge in [0, 0.05) is 25.2 Å². The Labute approximate surface area is 91.8 Å². The van der Waals surface area contributed by atoms with Gasteiger partial charge in [0.25, 0.3) is 5.69 Å². The molecule has 1 saturated heterocycles. The Bertz CT molecular complexity index is 429. The van der Waals surface area contributed by atoms with Gasteiger partial charge >= 0.3 is 0 Å². The molecule has 1 aliphatic heterocycles. The highest BCUT2D eigenvalue weighted by molar-refractivity contribution is 5.87. The standard InChI is InChI=1S/C10H11N3O3/c11-9-6-12(10(9)14)5-7-1-3-8(4-2-7)13(15)16/h1-4,9H,5-6,11H2. The number of nitrogens with two attached hydrogens (primary N) is 1. The number of carbonyl (C=O) groups excluding carboxylic acids is 1. The molecule has 6 nitrogen and oxygen atoms in total. The van der Waals surface area contributed by atoms with Crippen LogP contribution < -0.4 is 5.73 Å². The molecule has 16 heavy (non-hydrogen) atoms. The summed E-state index contributed by atoms with van der Waals surface area (Å²) in [7, 11) is 0. The molecule has 1 atom stereocenters. The molecule has 2 rings (SSSR count). The van der Waals surface area contributed by atoms with E-state index in [4.69, 9.17) is 5.73 Å². The smallest absolute Gasteiger partial charge is 0.269 e. The Balaban J connectivity index is 2.01.